The molecule has 0 bridgehead atoms. The second-order valence-corrected chi connectivity index (χ2v) is 5.30. The highest BCUT2D eigenvalue weighted by Crippen LogP contribution is 2.13. The van der Waals surface area contributed by atoms with Gasteiger partial charge in [0.15, 0.2) is 5.69 Å². The van der Waals surface area contributed by atoms with E-state index < -0.39 is 5.97 Å². The van der Waals surface area contributed by atoms with Gasteiger partial charge in [0.1, 0.15) is 5.82 Å². The van der Waals surface area contributed by atoms with Crippen molar-refractivity contribution in [3.8, 4) is 0 Å². The van der Waals surface area contributed by atoms with Crippen molar-refractivity contribution >= 4 is 18.1 Å². The Kier molecular flexibility index (Phi) is 6.02. The van der Waals surface area contributed by atoms with E-state index in [9.17, 15) is 14.3 Å². The van der Waals surface area contributed by atoms with Crippen molar-refractivity contribution in [3.05, 3.63) is 47.0 Å². The molecule has 122 valence electrons. The number of hydrogen-bond donors (Lipinski definition) is 1. The fourth-order valence-corrected chi connectivity index (χ4v) is 2.24. The molecule has 0 amide bonds. The maximum Gasteiger partial charge on any atom is 0.358 e. The number of carbonyl (C=O) groups is 1. The molecule has 0 unspecified atom stereocenters. The van der Waals surface area contributed by atoms with Gasteiger partial charge in [0.2, 0.25) is 0 Å². The van der Waals surface area contributed by atoms with Crippen LogP contribution < -0.4 is 0 Å². The maximum absolute atomic E-state index is 12.9. The van der Waals surface area contributed by atoms with Crippen LogP contribution in [0.5, 0.6) is 0 Å². The molecule has 0 atom stereocenters. The Morgan fingerprint density at radius 1 is 1.22 bits per heavy atom. The summed E-state index contributed by atoms with van der Waals surface area (Å²) in [5.41, 5.74) is 1.17. The molecule has 6 heteroatoms. The molecule has 0 fully saturated rings. The van der Waals surface area contributed by atoms with Crippen LogP contribution in [0.25, 0.3) is 12.2 Å². The van der Waals surface area contributed by atoms with Crippen LogP contribution in [0.1, 0.15) is 54.4 Å². The minimum atomic E-state index is -1.11. The molecule has 23 heavy (non-hydrogen) atoms. The Bertz CT molecular complexity index is 678. The molecule has 2 rings (SSSR count). The maximum atomic E-state index is 12.9. The van der Waals surface area contributed by atoms with Crippen molar-refractivity contribution in [2.24, 2.45) is 0 Å². The Morgan fingerprint density at radius 3 is 2.61 bits per heavy atom. The Hall–Kier alpha value is -2.50. The number of carboxylic acids is 1. The van der Waals surface area contributed by atoms with Crippen LogP contribution >= 0.6 is 0 Å². The molecule has 2 aromatic rings. The molecule has 0 radical (unpaired) electrons. The second-order valence-electron chi connectivity index (χ2n) is 5.30. The van der Waals surface area contributed by atoms with Crippen LogP contribution in [0.15, 0.2) is 24.3 Å². The van der Waals surface area contributed by atoms with E-state index in [1.807, 2.05) is 0 Å². The molecule has 0 saturated heterocycles. The van der Waals surface area contributed by atoms with Gasteiger partial charge in [-0.2, -0.15) is 0 Å². The number of hydrogen-bond acceptors (Lipinski definition) is 3. The normalized spacial score (nSPS) is 11.2. The number of unbranched alkanes of at least 4 members (excludes halogenated alkanes) is 3. The summed E-state index contributed by atoms with van der Waals surface area (Å²) in [6, 6.07) is 5.97. The van der Waals surface area contributed by atoms with Gasteiger partial charge in [0, 0.05) is 6.54 Å². The summed E-state index contributed by atoms with van der Waals surface area (Å²) >= 11 is 0. The number of carboxylic acid groups (broad SMARTS) is 1. The number of halogens is 1. The summed E-state index contributed by atoms with van der Waals surface area (Å²) in [7, 11) is 0. The van der Waals surface area contributed by atoms with Gasteiger partial charge >= 0.3 is 5.97 Å². The zero-order chi connectivity index (χ0) is 16.7. The predicted molar refractivity (Wildman–Crippen MR) is 86.5 cm³/mol. The first-order chi connectivity index (χ1) is 11.1. The fourth-order valence-electron chi connectivity index (χ4n) is 2.24. The van der Waals surface area contributed by atoms with Gasteiger partial charge in [-0.15, -0.1) is 5.10 Å². The van der Waals surface area contributed by atoms with Crippen LogP contribution in [0.2, 0.25) is 0 Å². The lowest BCUT2D eigenvalue weighted by atomic mass is 10.1. The first kappa shape index (κ1) is 16.9. The SMILES string of the molecule is CCCCCCn1nnc(C(=O)O)c1/C=C/c1ccc(F)cc1. The number of aryl methyl sites for hydroxylation is 1. The van der Waals surface area contributed by atoms with Gasteiger partial charge < -0.3 is 5.11 Å². The summed E-state index contributed by atoms with van der Waals surface area (Å²) in [4.78, 5) is 11.3. The number of nitrogens with zero attached hydrogens (tertiary/aromatic N) is 3. The van der Waals surface area contributed by atoms with Gasteiger partial charge in [-0.1, -0.05) is 49.6 Å². The Labute approximate surface area is 134 Å². The molecule has 1 heterocycles. The molecule has 0 spiro atoms. The molecule has 1 aromatic carbocycles. The smallest absolute Gasteiger partial charge is 0.358 e. The van der Waals surface area contributed by atoms with Gasteiger partial charge in [0.05, 0.1) is 5.69 Å². The van der Waals surface area contributed by atoms with Crippen molar-refractivity contribution < 1.29 is 14.3 Å². The molecule has 0 aliphatic carbocycles. The third-order valence-corrected chi connectivity index (χ3v) is 3.50. The zero-order valence-corrected chi connectivity index (χ0v) is 13.1. The lowest BCUT2D eigenvalue weighted by Gasteiger charge is -2.03. The molecule has 0 aliphatic rings. The molecular weight excluding hydrogens is 297 g/mol. The molecule has 1 aromatic heterocycles. The highest BCUT2D eigenvalue weighted by molar-refractivity contribution is 5.90. The van der Waals surface area contributed by atoms with Gasteiger partial charge in [-0.25, -0.2) is 13.9 Å². The number of rotatable bonds is 8. The monoisotopic (exact) mass is 317 g/mol. The van der Waals surface area contributed by atoms with E-state index in [1.54, 1.807) is 29.0 Å². The van der Waals surface area contributed by atoms with E-state index in [0.29, 0.717) is 12.2 Å². The van der Waals surface area contributed by atoms with Crippen LogP contribution in [0, 0.1) is 5.82 Å². The average Bonchev–Trinajstić information content (AvgIpc) is 2.94. The fraction of sp³-hybridized carbons (Fsp3) is 0.353. The first-order valence-corrected chi connectivity index (χ1v) is 7.72. The second kappa shape index (κ2) is 8.22. The van der Waals surface area contributed by atoms with E-state index in [4.69, 9.17) is 0 Å². The van der Waals surface area contributed by atoms with Gasteiger partial charge in [-0.3, -0.25) is 0 Å². The number of aromatic nitrogens is 3. The highest BCUT2D eigenvalue weighted by Gasteiger charge is 2.16. The molecule has 1 N–H and O–H groups in total. The summed E-state index contributed by atoms with van der Waals surface area (Å²) in [6.45, 7) is 2.76. The third kappa shape index (κ3) is 4.74. The quantitative estimate of drug-likeness (QED) is 0.751. The Morgan fingerprint density at radius 2 is 1.96 bits per heavy atom. The van der Waals surface area contributed by atoms with Crippen LogP contribution in [-0.2, 0) is 6.54 Å². The molecule has 5 nitrogen and oxygen atoms in total. The minimum absolute atomic E-state index is 0.0705. The molecular formula is C17H20FN3O2. The lowest BCUT2D eigenvalue weighted by molar-refractivity contribution is 0.0690. The van der Waals surface area contributed by atoms with Crippen molar-refractivity contribution in [2.45, 2.75) is 39.2 Å². The first-order valence-electron chi connectivity index (χ1n) is 7.72. The van der Waals surface area contributed by atoms with Crippen molar-refractivity contribution in [1.82, 2.24) is 15.0 Å². The van der Waals surface area contributed by atoms with Crippen molar-refractivity contribution in [3.63, 3.8) is 0 Å². The van der Waals surface area contributed by atoms with E-state index in [-0.39, 0.29) is 11.5 Å². The lowest BCUT2D eigenvalue weighted by Crippen LogP contribution is -2.05. The van der Waals surface area contributed by atoms with Crippen molar-refractivity contribution in [1.29, 1.82) is 0 Å². The standard InChI is InChI=1S/C17H20FN3O2/c1-2-3-4-5-12-21-15(16(17(22)23)19-20-21)11-8-13-6-9-14(18)10-7-13/h6-11H,2-5,12H2,1H3,(H,22,23)/b11-8+. The van der Waals surface area contributed by atoms with E-state index in [0.717, 1.165) is 31.2 Å². The Balaban J connectivity index is 2.18. The summed E-state index contributed by atoms with van der Waals surface area (Å²) in [6.07, 6.45) is 7.66. The van der Waals surface area contributed by atoms with E-state index in [2.05, 4.69) is 17.2 Å². The number of benzene rings is 1. The predicted octanol–water partition coefficient (Wildman–Crippen LogP) is 3.87. The third-order valence-electron chi connectivity index (χ3n) is 3.50. The zero-order valence-electron chi connectivity index (χ0n) is 13.1. The van der Waals surface area contributed by atoms with Crippen molar-refractivity contribution in [2.75, 3.05) is 0 Å². The summed E-state index contributed by atoms with van der Waals surface area (Å²) < 4.78 is 14.5. The molecule has 0 saturated carbocycles. The topological polar surface area (TPSA) is 68.0 Å². The van der Waals surface area contributed by atoms with E-state index >= 15 is 0 Å². The van der Waals surface area contributed by atoms with Crippen LogP contribution in [0.3, 0.4) is 0 Å². The number of aromatic carboxylic acids is 1. The van der Waals surface area contributed by atoms with Gasteiger partial charge in [-0.05, 0) is 30.2 Å². The highest BCUT2D eigenvalue weighted by atomic mass is 19.1. The average molecular weight is 317 g/mol. The summed E-state index contributed by atoms with van der Waals surface area (Å²) in [5.74, 6) is -1.42. The summed E-state index contributed by atoms with van der Waals surface area (Å²) in [5, 5.41) is 16.9. The van der Waals surface area contributed by atoms with Gasteiger partial charge in [0.25, 0.3) is 0 Å². The molecule has 0 aliphatic heterocycles. The van der Waals surface area contributed by atoms with E-state index in [1.165, 1.54) is 12.1 Å². The minimum Gasteiger partial charge on any atom is -0.476 e. The van der Waals surface area contributed by atoms with Crippen LogP contribution in [0.4, 0.5) is 4.39 Å². The largest absolute Gasteiger partial charge is 0.476 e. The van der Waals surface area contributed by atoms with Crippen LogP contribution in [-0.4, -0.2) is 26.1 Å².